The van der Waals surface area contributed by atoms with Gasteiger partial charge in [0.05, 0.1) is 11.0 Å². The van der Waals surface area contributed by atoms with Crippen LogP contribution in [0.5, 0.6) is 0 Å². The molecular weight excluding hydrogens is 296 g/mol. The molecule has 0 saturated carbocycles. The smallest absolute Gasteiger partial charge is 0.282 e. The lowest BCUT2D eigenvalue weighted by molar-refractivity contribution is -0.385. The molecule has 0 spiro atoms. The third kappa shape index (κ3) is 4.99. The Balaban J connectivity index is 2.73. The quantitative estimate of drug-likeness (QED) is 0.645. The van der Waals surface area contributed by atoms with Gasteiger partial charge in [0.2, 0.25) is 0 Å². The van der Waals surface area contributed by atoms with Crippen molar-refractivity contribution in [3.8, 4) is 0 Å². The molecule has 0 saturated heterocycles. The SMILES string of the molecule is CC(C)(C)C(O)CCNC(=O)c1cc(Cl)ccc1[N+](=O)[O-]. The van der Waals surface area contributed by atoms with E-state index in [0.717, 1.165) is 0 Å². The van der Waals surface area contributed by atoms with Crippen molar-refractivity contribution in [2.24, 2.45) is 5.41 Å². The van der Waals surface area contributed by atoms with Crippen molar-refractivity contribution in [2.45, 2.75) is 33.3 Å². The van der Waals surface area contributed by atoms with Crippen LogP contribution in [0.4, 0.5) is 5.69 Å². The van der Waals surface area contributed by atoms with Gasteiger partial charge >= 0.3 is 0 Å². The number of aliphatic hydroxyl groups is 1. The molecule has 116 valence electrons. The molecule has 2 N–H and O–H groups in total. The number of nitro benzene ring substituents is 1. The molecule has 0 radical (unpaired) electrons. The van der Waals surface area contributed by atoms with Gasteiger partial charge in [-0.25, -0.2) is 0 Å². The van der Waals surface area contributed by atoms with Gasteiger partial charge in [-0.1, -0.05) is 32.4 Å². The van der Waals surface area contributed by atoms with Gasteiger partial charge < -0.3 is 10.4 Å². The zero-order chi connectivity index (χ0) is 16.2. The summed E-state index contributed by atoms with van der Waals surface area (Å²) in [5, 5.41) is 23.6. The molecule has 0 aliphatic carbocycles. The van der Waals surface area contributed by atoms with Gasteiger partial charge in [0.15, 0.2) is 0 Å². The van der Waals surface area contributed by atoms with Crippen LogP contribution in [0.15, 0.2) is 18.2 Å². The predicted octanol–water partition coefficient (Wildman–Crippen LogP) is 2.78. The number of benzene rings is 1. The molecule has 1 aromatic rings. The lowest BCUT2D eigenvalue weighted by Gasteiger charge is -2.25. The maximum absolute atomic E-state index is 12.0. The summed E-state index contributed by atoms with van der Waals surface area (Å²) in [6, 6.07) is 3.82. The standard InChI is InChI=1S/C14H19ClN2O4/c1-14(2,3)12(18)6-7-16-13(19)10-8-9(15)4-5-11(10)17(20)21/h4-5,8,12,18H,6-7H2,1-3H3,(H,16,19). The number of nitrogens with one attached hydrogen (secondary N) is 1. The molecule has 1 aromatic carbocycles. The number of carbonyl (C=O) groups excluding carboxylic acids is 1. The van der Waals surface area contributed by atoms with Crippen LogP contribution >= 0.6 is 11.6 Å². The van der Waals surface area contributed by atoms with Crippen molar-refractivity contribution in [2.75, 3.05) is 6.54 Å². The van der Waals surface area contributed by atoms with Gasteiger partial charge in [-0.15, -0.1) is 0 Å². The molecule has 6 nitrogen and oxygen atoms in total. The summed E-state index contributed by atoms with van der Waals surface area (Å²) in [6.45, 7) is 5.89. The monoisotopic (exact) mass is 314 g/mol. The Morgan fingerprint density at radius 3 is 2.62 bits per heavy atom. The molecule has 0 heterocycles. The fraction of sp³-hybridized carbons (Fsp3) is 0.500. The molecule has 0 fully saturated rings. The zero-order valence-corrected chi connectivity index (χ0v) is 13.0. The van der Waals surface area contributed by atoms with Crippen LogP contribution in [0.25, 0.3) is 0 Å². The van der Waals surface area contributed by atoms with E-state index in [-0.39, 0.29) is 28.2 Å². The number of nitro groups is 1. The van der Waals surface area contributed by atoms with E-state index in [4.69, 9.17) is 11.6 Å². The van der Waals surface area contributed by atoms with E-state index in [2.05, 4.69) is 5.32 Å². The Bertz CT molecular complexity index is 540. The Morgan fingerprint density at radius 1 is 1.48 bits per heavy atom. The van der Waals surface area contributed by atoms with Gasteiger partial charge in [0.25, 0.3) is 11.6 Å². The van der Waals surface area contributed by atoms with Crippen LogP contribution < -0.4 is 5.32 Å². The Kier molecular flexibility index (Phi) is 5.69. The minimum atomic E-state index is -0.630. The maximum atomic E-state index is 12.0. The average molecular weight is 315 g/mol. The van der Waals surface area contributed by atoms with Crippen LogP contribution in [0, 0.1) is 15.5 Å². The number of aliphatic hydroxyl groups excluding tert-OH is 1. The minimum Gasteiger partial charge on any atom is -0.393 e. The van der Waals surface area contributed by atoms with E-state index < -0.39 is 16.9 Å². The highest BCUT2D eigenvalue weighted by molar-refractivity contribution is 6.31. The van der Waals surface area contributed by atoms with E-state index in [1.807, 2.05) is 20.8 Å². The molecule has 0 aromatic heterocycles. The molecule has 21 heavy (non-hydrogen) atoms. The molecule has 1 unspecified atom stereocenters. The van der Waals surface area contributed by atoms with E-state index in [9.17, 15) is 20.0 Å². The van der Waals surface area contributed by atoms with Gasteiger partial charge in [-0.3, -0.25) is 14.9 Å². The van der Waals surface area contributed by atoms with E-state index in [1.165, 1.54) is 18.2 Å². The Labute approximate surface area is 128 Å². The molecule has 0 bridgehead atoms. The molecule has 0 aliphatic rings. The first kappa shape index (κ1) is 17.4. The van der Waals surface area contributed by atoms with Crippen molar-refractivity contribution in [3.63, 3.8) is 0 Å². The first-order valence-corrected chi connectivity index (χ1v) is 6.91. The number of amides is 1. The Hall–Kier alpha value is -1.66. The van der Waals surface area contributed by atoms with E-state index >= 15 is 0 Å². The third-order valence-electron chi connectivity index (χ3n) is 3.10. The van der Waals surface area contributed by atoms with Crippen molar-refractivity contribution < 1.29 is 14.8 Å². The number of hydrogen-bond acceptors (Lipinski definition) is 4. The topological polar surface area (TPSA) is 92.5 Å². The Morgan fingerprint density at radius 2 is 2.10 bits per heavy atom. The largest absolute Gasteiger partial charge is 0.393 e. The second kappa shape index (κ2) is 6.87. The molecule has 1 atom stereocenters. The normalized spacial score (nSPS) is 12.8. The van der Waals surface area contributed by atoms with Crippen LogP contribution in [-0.2, 0) is 0 Å². The maximum Gasteiger partial charge on any atom is 0.282 e. The van der Waals surface area contributed by atoms with Gasteiger partial charge in [-0.2, -0.15) is 0 Å². The molecule has 7 heteroatoms. The third-order valence-corrected chi connectivity index (χ3v) is 3.34. The molecule has 1 amide bonds. The highest BCUT2D eigenvalue weighted by atomic mass is 35.5. The minimum absolute atomic E-state index is 0.0854. The van der Waals surface area contributed by atoms with Gasteiger partial charge in [0.1, 0.15) is 5.56 Å². The second-order valence-corrected chi connectivity index (χ2v) is 6.28. The molecule has 0 aliphatic heterocycles. The fourth-order valence-corrected chi connectivity index (χ4v) is 1.87. The number of halogens is 1. The summed E-state index contributed by atoms with van der Waals surface area (Å²) >= 11 is 5.77. The first-order chi connectivity index (χ1) is 9.62. The highest BCUT2D eigenvalue weighted by Gasteiger charge is 2.23. The number of rotatable bonds is 5. The van der Waals surface area contributed by atoms with Crippen molar-refractivity contribution in [3.05, 3.63) is 38.9 Å². The summed E-state index contributed by atoms with van der Waals surface area (Å²) in [5.74, 6) is -0.578. The van der Waals surface area contributed by atoms with Gasteiger partial charge in [0, 0.05) is 17.6 Å². The molecule has 1 rings (SSSR count). The average Bonchev–Trinajstić information content (AvgIpc) is 2.36. The summed E-state index contributed by atoms with van der Waals surface area (Å²) in [7, 11) is 0. The van der Waals surface area contributed by atoms with Crippen LogP contribution in [0.1, 0.15) is 37.6 Å². The predicted molar refractivity (Wildman–Crippen MR) is 80.5 cm³/mol. The van der Waals surface area contributed by atoms with Crippen LogP contribution in [0.2, 0.25) is 5.02 Å². The van der Waals surface area contributed by atoms with Crippen LogP contribution in [-0.4, -0.2) is 28.6 Å². The van der Waals surface area contributed by atoms with Gasteiger partial charge in [-0.05, 0) is 24.0 Å². The molecular formula is C14H19ClN2O4. The first-order valence-electron chi connectivity index (χ1n) is 6.53. The number of hydrogen-bond donors (Lipinski definition) is 2. The summed E-state index contributed by atoms with van der Waals surface area (Å²) < 4.78 is 0. The zero-order valence-electron chi connectivity index (χ0n) is 12.2. The number of carbonyl (C=O) groups is 1. The summed E-state index contributed by atoms with van der Waals surface area (Å²) in [6.07, 6.45) is -0.212. The van der Waals surface area contributed by atoms with E-state index in [1.54, 1.807) is 0 Å². The fourth-order valence-electron chi connectivity index (χ4n) is 1.70. The van der Waals surface area contributed by atoms with Crippen molar-refractivity contribution in [1.82, 2.24) is 5.32 Å². The number of nitrogens with zero attached hydrogens (tertiary/aromatic N) is 1. The highest BCUT2D eigenvalue weighted by Crippen LogP contribution is 2.23. The van der Waals surface area contributed by atoms with Crippen LogP contribution in [0.3, 0.4) is 0 Å². The lowest BCUT2D eigenvalue weighted by atomic mass is 9.87. The van der Waals surface area contributed by atoms with Crippen molar-refractivity contribution in [1.29, 1.82) is 0 Å². The summed E-state index contributed by atoms with van der Waals surface area (Å²) in [4.78, 5) is 22.3. The van der Waals surface area contributed by atoms with E-state index in [0.29, 0.717) is 6.42 Å². The van der Waals surface area contributed by atoms with Crippen molar-refractivity contribution >= 4 is 23.2 Å². The lowest BCUT2D eigenvalue weighted by Crippen LogP contribution is -2.32. The summed E-state index contributed by atoms with van der Waals surface area (Å²) in [5.41, 5.74) is -0.668. The second-order valence-electron chi connectivity index (χ2n) is 5.84.